The highest BCUT2D eigenvalue weighted by Crippen LogP contribution is 2.48. The summed E-state index contributed by atoms with van der Waals surface area (Å²) in [7, 11) is 3.17. The fraction of sp³-hybridized carbons (Fsp3) is 0.440. The Labute approximate surface area is 186 Å². The van der Waals surface area contributed by atoms with Crippen molar-refractivity contribution in [2.45, 2.75) is 51.3 Å². The van der Waals surface area contributed by atoms with Gasteiger partial charge in [-0.1, -0.05) is 38.1 Å². The summed E-state index contributed by atoms with van der Waals surface area (Å²) in [5.74, 6) is 0.744. The molecule has 2 amide bonds. The lowest BCUT2D eigenvalue weighted by Gasteiger charge is -2.47. The second-order valence-corrected chi connectivity index (χ2v) is 8.46. The molecule has 164 valence electrons. The van der Waals surface area contributed by atoms with Gasteiger partial charge in [0.15, 0.2) is 0 Å². The van der Waals surface area contributed by atoms with Gasteiger partial charge in [0.25, 0.3) is 0 Å². The Morgan fingerprint density at radius 2 is 1.45 bits per heavy atom. The standard InChI is InChI=1S/C25H30N2O4/c1-17(2)22-23(28)27(16-19-7-11-21(31-4)12-8-19)25(13-14-25)24(29)26(22)15-18-5-9-20(30-3)10-6-18/h5-12,17,22H,13-16H2,1-4H3/t22-/m0/s1/i13D2/t22-,25+. The second kappa shape index (κ2) is 8.25. The number of piperazine rings is 1. The Morgan fingerprint density at radius 1 is 0.968 bits per heavy atom. The molecule has 1 saturated carbocycles. The van der Waals surface area contributed by atoms with E-state index in [0.29, 0.717) is 11.5 Å². The average molecular weight is 425 g/mol. The zero-order valence-corrected chi connectivity index (χ0v) is 18.4. The van der Waals surface area contributed by atoms with Gasteiger partial charge in [0, 0.05) is 15.8 Å². The molecule has 1 aliphatic carbocycles. The molecule has 0 aromatic heterocycles. The average Bonchev–Trinajstić information content (AvgIpc) is 3.38. The van der Waals surface area contributed by atoms with E-state index in [4.69, 9.17) is 12.2 Å². The van der Waals surface area contributed by atoms with Crippen molar-refractivity contribution in [1.29, 1.82) is 0 Å². The first-order chi connectivity index (χ1) is 15.6. The first-order valence-electron chi connectivity index (χ1n) is 11.5. The number of methoxy groups -OCH3 is 2. The Morgan fingerprint density at radius 3 is 1.87 bits per heavy atom. The summed E-state index contributed by atoms with van der Waals surface area (Å²) < 4.78 is 27.3. The maximum absolute atomic E-state index is 13.9. The molecular formula is C25H30N2O4. The molecule has 2 atom stereocenters. The number of amides is 2. The van der Waals surface area contributed by atoms with Gasteiger partial charge in [-0.25, -0.2) is 0 Å². The second-order valence-electron chi connectivity index (χ2n) is 8.46. The fourth-order valence-electron chi connectivity index (χ4n) is 4.26. The van der Waals surface area contributed by atoms with Crippen LogP contribution < -0.4 is 9.47 Å². The number of carbonyl (C=O) groups is 2. The molecule has 1 saturated heterocycles. The van der Waals surface area contributed by atoms with Crippen molar-refractivity contribution in [3.8, 4) is 11.5 Å². The van der Waals surface area contributed by atoms with E-state index < -0.39 is 18.0 Å². The molecule has 2 aliphatic rings. The first-order valence-corrected chi connectivity index (χ1v) is 10.5. The van der Waals surface area contributed by atoms with Crippen LogP contribution in [0.25, 0.3) is 0 Å². The van der Waals surface area contributed by atoms with E-state index in [-0.39, 0.29) is 37.2 Å². The van der Waals surface area contributed by atoms with Gasteiger partial charge in [-0.2, -0.15) is 0 Å². The number of hydrogen-bond donors (Lipinski definition) is 0. The van der Waals surface area contributed by atoms with E-state index in [9.17, 15) is 9.59 Å². The highest BCUT2D eigenvalue weighted by molar-refractivity contribution is 6.01. The van der Waals surface area contributed by atoms with Gasteiger partial charge in [-0.05, 0) is 54.1 Å². The Hall–Kier alpha value is -3.02. The number of ether oxygens (including phenoxy) is 2. The van der Waals surface area contributed by atoms with E-state index >= 15 is 0 Å². The Bertz CT molecular complexity index is 1040. The highest BCUT2D eigenvalue weighted by Gasteiger charge is 2.63. The van der Waals surface area contributed by atoms with Crippen LogP contribution in [0.3, 0.4) is 0 Å². The van der Waals surface area contributed by atoms with Gasteiger partial charge in [-0.3, -0.25) is 9.59 Å². The molecule has 1 heterocycles. The van der Waals surface area contributed by atoms with Crippen molar-refractivity contribution in [1.82, 2.24) is 9.80 Å². The molecule has 2 aromatic rings. The predicted molar refractivity (Wildman–Crippen MR) is 118 cm³/mol. The van der Waals surface area contributed by atoms with Gasteiger partial charge in [-0.15, -0.1) is 0 Å². The van der Waals surface area contributed by atoms with Gasteiger partial charge < -0.3 is 19.3 Å². The van der Waals surface area contributed by atoms with E-state index in [1.54, 1.807) is 31.3 Å². The van der Waals surface area contributed by atoms with Gasteiger partial charge in [0.1, 0.15) is 23.1 Å². The van der Waals surface area contributed by atoms with Crippen LogP contribution in [0.5, 0.6) is 11.5 Å². The van der Waals surface area contributed by atoms with E-state index in [2.05, 4.69) is 0 Å². The minimum atomic E-state index is -1.77. The molecule has 6 heteroatoms. The van der Waals surface area contributed by atoms with Gasteiger partial charge >= 0.3 is 0 Å². The molecule has 4 rings (SSSR count). The van der Waals surface area contributed by atoms with Crippen LogP contribution >= 0.6 is 0 Å². The molecular weight excluding hydrogens is 392 g/mol. The van der Waals surface area contributed by atoms with Crippen molar-refractivity contribution < 1.29 is 21.8 Å². The predicted octanol–water partition coefficient (Wildman–Crippen LogP) is 3.63. The van der Waals surface area contributed by atoms with Crippen LogP contribution in [0.15, 0.2) is 48.5 Å². The number of carbonyl (C=O) groups excluding carboxylic acids is 2. The largest absolute Gasteiger partial charge is 0.497 e. The normalized spacial score (nSPS) is 25.5. The van der Waals surface area contributed by atoms with Crippen LogP contribution in [0.1, 0.15) is 40.5 Å². The third-order valence-electron chi connectivity index (χ3n) is 6.09. The summed E-state index contributed by atoms with van der Waals surface area (Å²) in [5, 5.41) is 0. The van der Waals surface area contributed by atoms with Crippen LogP contribution in [-0.4, -0.2) is 47.4 Å². The van der Waals surface area contributed by atoms with Crippen molar-refractivity contribution in [2.24, 2.45) is 5.92 Å². The Kier molecular flexibility index (Phi) is 4.98. The number of nitrogens with zero attached hydrogens (tertiary/aromatic N) is 2. The van der Waals surface area contributed by atoms with E-state index in [1.165, 1.54) is 4.90 Å². The molecule has 1 aliphatic heterocycles. The highest BCUT2D eigenvalue weighted by atomic mass is 16.5. The number of rotatable bonds is 7. The fourth-order valence-corrected chi connectivity index (χ4v) is 4.26. The van der Waals surface area contributed by atoms with Crippen molar-refractivity contribution >= 4 is 11.8 Å². The minimum Gasteiger partial charge on any atom is -0.497 e. The Balaban J connectivity index is 1.68. The van der Waals surface area contributed by atoms with Crippen LogP contribution in [0.4, 0.5) is 0 Å². The summed E-state index contributed by atoms with van der Waals surface area (Å²) in [4.78, 5) is 30.7. The van der Waals surface area contributed by atoms with Crippen molar-refractivity contribution in [3.05, 3.63) is 59.7 Å². The first kappa shape index (κ1) is 18.7. The zero-order chi connectivity index (χ0) is 24.0. The molecule has 2 fully saturated rings. The number of hydrogen-bond acceptors (Lipinski definition) is 4. The van der Waals surface area contributed by atoms with E-state index in [1.807, 2.05) is 50.2 Å². The molecule has 0 N–H and O–H groups in total. The number of benzene rings is 2. The minimum absolute atomic E-state index is 0.00462. The smallest absolute Gasteiger partial charge is 0.249 e. The molecule has 0 radical (unpaired) electrons. The van der Waals surface area contributed by atoms with Crippen molar-refractivity contribution in [2.75, 3.05) is 14.2 Å². The SMILES string of the molecule is [2H]C1([2H])C[C@@]12C(=O)N(Cc1ccc(OC)cc1)[C@@H](C(C)C)C(=O)N2Cc1ccc(OC)cc1. The molecule has 1 spiro atoms. The maximum atomic E-state index is 13.9. The van der Waals surface area contributed by atoms with Crippen LogP contribution in [0, 0.1) is 5.92 Å². The van der Waals surface area contributed by atoms with E-state index in [0.717, 1.165) is 11.1 Å². The van der Waals surface area contributed by atoms with Gasteiger partial charge in [0.2, 0.25) is 11.8 Å². The quantitative estimate of drug-likeness (QED) is 0.681. The topological polar surface area (TPSA) is 59.1 Å². The van der Waals surface area contributed by atoms with Crippen molar-refractivity contribution in [3.63, 3.8) is 0 Å². The van der Waals surface area contributed by atoms with Crippen LogP contribution in [-0.2, 0) is 22.7 Å². The lowest BCUT2D eigenvalue weighted by molar-refractivity contribution is -0.167. The lowest BCUT2D eigenvalue weighted by atomic mass is 9.93. The molecule has 6 nitrogen and oxygen atoms in total. The monoisotopic (exact) mass is 424 g/mol. The summed E-state index contributed by atoms with van der Waals surface area (Å²) in [6.45, 7) is 4.25. The molecule has 0 unspecified atom stereocenters. The molecule has 0 bridgehead atoms. The summed E-state index contributed by atoms with van der Waals surface area (Å²) in [5.41, 5.74) is 0.217. The molecule has 31 heavy (non-hydrogen) atoms. The third kappa shape index (κ3) is 3.87. The summed E-state index contributed by atoms with van der Waals surface area (Å²) >= 11 is 0. The summed E-state index contributed by atoms with van der Waals surface area (Å²) in [6.07, 6.45) is -1.77. The lowest BCUT2D eigenvalue weighted by Crippen LogP contribution is -2.66. The third-order valence-corrected chi connectivity index (χ3v) is 6.09. The maximum Gasteiger partial charge on any atom is 0.249 e. The zero-order valence-electron chi connectivity index (χ0n) is 20.4. The summed E-state index contributed by atoms with van der Waals surface area (Å²) in [6, 6.07) is 14.0. The van der Waals surface area contributed by atoms with Gasteiger partial charge in [0.05, 0.1) is 14.2 Å². The van der Waals surface area contributed by atoms with Crippen LogP contribution in [0.2, 0.25) is 0 Å². The molecule has 2 aromatic carbocycles.